The Bertz CT molecular complexity index is 269. The third-order valence-corrected chi connectivity index (χ3v) is 2.63. The van der Waals surface area contributed by atoms with Crippen molar-refractivity contribution in [2.75, 3.05) is 19.8 Å². The number of ether oxygens (including phenoxy) is 3. The van der Waals surface area contributed by atoms with Crippen molar-refractivity contribution in [2.24, 2.45) is 0 Å². The molecule has 0 radical (unpaired) electrons. The number of aliphatic hydroxyl groups excluding tert-OH is 3. The molecule has 5 unspecified atom stereocenters. The van der Waals surface area contributed by atoms with Crippen LogP contribution in [0.1, 0.15) is 0 Å². The minimum atomic E-state index is -1.28. The van der Waals surface area contributed by atoms with Gasteiger partial charge in [0, 0.05) is 0 Å². The first kappa shape index (κ1) is 15.3. The first-order chi connectivity index (χ1) is 8.65. The summed E-state index contributed by atoms with van der Waals surface area (Å²) >= 11 is 0. The highest BCUT2D eigenvalue weighted by molar-refractivity contribution is 4.91. The van der Waals surface area contributed by atoms with E-state index >= 15 is 0 Å². The molecule has 0 aromatic heterocycles. The van der Waals surface area contributed by atoms with E-state index in [0.717, 1.165) is 0 Å². The van der Waals surface area contributed by atoms with E-state index in [1.54, 1.807) is 0 Å². The largest absolute Gasteiger partial charge is 0.394 e. The van der Waals surface area contributed by atoms with E-state index in [1.165, 1.54) is 12.2 Å². The van der Waals surface area contributed by atoms with E-state index in [4.69, 9.17) is 19.3 Å². The number of hydrogen-bond acceptors (Lipinski definition) is 6. The highest BCUT2D eigenvalue weighted by Crippen LogP contribution is 2.24. The van der Waals surface area contributed by atoms with E-state index in [1.807, 2.05) is 0 Å². The van der Waals surface area contributed by atoms with Crippen molar-refractivity contribution >= 4 is 0 Å². The number of hydrogen-bond donors (Lipinski definition) is 3. The van der Waals surface area contributed by atoms with Crippen LogP contribution in [0.3, 0.4) is 0 Å². The van der Waals surface area contributed by atoms with E-state index < -0.39 is 37.3 Å². The van der Waals surface area contributed by atoms with Crippen LogP contribution < -0.4 is 0 Å². The van der Waals surface area contributed by atoms with Crippen LogP contribution in [0.2, 0.25) is 0 Å². The average Bonchev–Trinajstić information content (AvgIpc) is 2.37. The Morgan fingerprint density at radius 1 is 1.06 bits per heavy atom. The van der Waals surface area contributed by atoms with Gasteiger partial charge in [-0.2, -0.15) is 0 Å². The summed E-state index contributed by atoms with van der Waals surface area (Å²) in [5.74, 6) is 0. The van der Waals surface area contributed by atoms with E-state index in [9.17, 15) is 10.2 Å². The van der Waals surface area contributed by atoms with Crippen LogP contribution in [0.25, 0.3) is 0 Å². The molecule has 0 spiro atoms. The maximum atomic E-state index is 9.98. The minimum absolute atomic E-state index is 0.190. The molecule has 1 heterocycles. The molecule has 0 aliphatic carbocycles. The van der Waals surface area contributed by atoms with Crippen molar-refractivity contribution in [3.05, 3.63) is 25.3 Å². The normalized spacial score (nSPS) is 36.3. The van der Waals surface area contributed by atoms with Crippen molar-refractivity contribution in [3.8, 4) is 0 Å². The summed E-state index contributed by atoms with van der Waals surface area (Å²) in [5.41, 5.74) is 0. The van der Waals surface area contributed by atoms with Gasteiger partial charge < -0.3 is 29.5 Å². The molecule has 1 saturated heterocycles. The predicted octanol–water partition coefficient (Wildman–Crippen LogP) is -0.801. The molecule has 6 nitrogen and oxygen atoms in total. The molecule has 0 aromatic carbocycles. The Balaban J connectivity index is 2.75. The molecule has 3 N–H and O–H groups in total. The zero-order chi connectivity index (χ0) is 13.5. The molecule has 1 rings (SSSR count). The lowest BCUT2D eigenvalue weighted by molar-refractivity contribution is -0.300. The van der Waals surface area contributed by atoms with Crippen LogP contribution in [0.15, 0.2) is 25.3 Å². The van der Waals surface area contributed by atoms with Crippen molar-refractivity contribution in [1.29, 1.82) is 0 Å². The summed E-state index contributed by atoms with van der Waals surface area (Å²) in [6, 6.07) is 0. The fraction of sp³-hybridized carbons (Fsp3) is 0.667. The van der Waals surface area contributed by atoms with Gasteiger partial charge in [-0.1, -0.05) is 12.2 Å². The van der Waals surface area contributed by atoms with Crippen LogP contribution >= 0.6 is 0 Å². The molecule has 1 aliphatic rings. The van der Waals surface area contributed by atoms with Gasteiger partial charge in [0.2, 0.25) is 0 Å². The lowest BCUT2D eigenvalue weighted by Crippen LogP contribution is -2.60. The summed E-state index contributed by atoms with van der Waals surface area (Å²) in [4.78, 5) is 0. The quantitative estimate of drug-likeness (QED) is 0.519. The topological polar surface area (TPSA) is 88.4 Å². The zero-order valence-electron chi connectivity index (χ0n) is 10.1. The zero-order valence-corrected chi connectivity index (χ0v) is 10.1. The van der Waals surface area contributed by atoms with Gasteiger partial charge >= 0.3 is 0 Å². The van der Waals surface area contributed by atoms with Crippen LogP contribution in [0, 0.1) is 0 Å². The Morgan fingerprint density at radius 2 is 1.61 bits per heavy atom. The van der Waals surface area contributed by atoms with Crippen LogP contribution in [0.4, 0.5) is 0 Å². The fourth-order valence-corrected chi connectivity index (χ4v) is 1.79. The van der Waals surface area contributed by atoms with E-state index in [-0.39, 0.29) is 13.2 Å². The Labute approximate surface area is 106 Å². The number of rotatable bonds is 7. The van der Waals surface area contributed by atoms with Gasteiger partial charge in [-0.3, -0.25) is 0 Å². The lowest BCUT2D eigenvalue weighted by Gasteiger charge is -2.41. The second kappa shape index (κ2) is 7.63. The standard InChI is InChI=1S/C12H20O6/c1-3-5-16-10-9(14)8(7-13)18-12(15)11(10)17-6-4-2/h3-4,8-15H,1-2,5-7H2. The molecule has 0 amide bonds. The Morgan fingerprint density at radius 3 is 2.11 bits per heavy atom. The second-order valence-corrected chi connectivity index (χ2v) is 3.91. The van der Waals surface area contributed by atoms with Gasteiger partial charge in [-0.15, -0.1) is 13.2 Å². The van der Waals surface area contributed by atoms with Crippen LogP contribution in [-0.4, -0.2) is 65.8 Å². The van der Waals surface area contributed by atoms with Gasteiger partial charge in [0.1, 0.15) is 24.4 Å². The first-order valence-corrected chi connectivity index (χ1v) is 5.73. The molecule has 104 valence electrons. The fourth-order valence-electron chi connectivity index (χ4n) is 1.79. The summed E-state index contributed by atoms with van der Waals surface area (Å²) in [7, 11) is 0. The minimum Gasteiger partial charge on any atom is -0.394 e. The predicted molar refractivity (Wildman–Crippen MR) is 63.8 cm³/mol. The lowest BCUT2D eigenvalue weighted by atomic mass is 9.99. The molecular weight excluding hydrogens is 240 g/mol. The molecule has 1 fully saturated rings. The molecule has 6 heteroatoms. The van der Waals surface area contributed by atoms with Gasteiger partial charge in [0.25, 0.3) is 0 Å². The van der Waals surface area contributed by atoms with Crippen molar-refractivity contribution in [1.82, 2.24) is 0 Å². The van der Waals surface area contributed by atoms with Gasteiger partial charge in [-0.25, -0.2) is 0 Å². The molecule has 0 aromatic rings. The number of aliphatic hydroxyl groups is 3. The summed E-state index contributed by atoms with van der Waals surface area (Å²) in [6.07, 6.45) is -1.88. The second-order valence-electron chi connectivity index (χ2n) is 3.91. The Hall–Kier alpha value is -0.760. The highest BCUT2D eigenvalue weighted by Gasteiger charge is 2.45. The molecule has 18 heavy (non-hydrogen) atoms. The average molecular weight is 260 g/mol. The molecule has 5 atom stereocenters. The molecular formula is C12H20O6. The van der Waals surface area contributed by atoms with Crippen LogP contribution in [0.5, 0.6) is 0 Å². The van der Waals surface area contributed by atoms with Crippen LogP contribution in [-0.2, 0) is 14.2 Å². The van der Waals surface area contributed by atoms with Gasteiger partial charge in [0.15, 0.2) is 6.29 Å². The SMILES string of the molecule is C=CCOC1C(O)OC(CO)C(O)C1OCC=C. The Kier molecular flexibility index (Phi) is 6.48. The van der Waals surface area contributed by atoms with Crippen molar-refractivity contribution in [3.63, 3.8) is 0 Å². The highest BCUT2D eigenvalue weighted by atomic mass is 16.7. The van der Waals surface area contributed by atoms with Gasteiger partial charge in [-0.05, 0) is 0 Å². The third kappa shape index (κ3) is 3.61. The molecule has 0 bridgehead atoms. The summed E-state index contributed by atoms with van der Waals surface area (Å²) < 4.78 is 15.8. The van der Waals surface area contributed by atoms with E-state index in [2.05, 4.69) is 13.2 Å². The van der Waals surface area contributed by atoms with Crippen molar-refractivity contribution in [2.45, 2.75) is 30.7 Å². The maximum Gasteiger partial charge on any atom is 0.184 e. The summed E-state index contributed by atoms with van der Waals surface area (Å²) in [6.45, 7) is 6.98. The summed E-state index contributed by atoms with van der Waals surface area (Å²) in [5, 5.41) is 28.8. The van der Waals surface area contributed by atoms with E-state index in [0.29, 0.717) is 0 Å². The smallest absolute Gasteiger partial charge is 0.184 e. The third-order valence-electron chi connectivity index (χ3n) is 2.63. The first-order valence-electron chi connectivity index (χ1n) is 5.73. The maximum absolute atomic E-state index is 9.98. The molecule has 0 saturated carbocycles. The van der Waals surface area contributed by atoms with Crippen molar-refractivity contribution < 1.29 is 29.5 Å². The molecule has 1 aliphatic heterocycles. The monoisotopic (exact) mass is 260 g/mol. The van der Waals surface area contributed by atoms with Gasteiger partial charge in [0.05, 0.1) is 19.8 Å².